The second-order valence-electron chi connectivity index (χ2n) is 4.14. The Kier molecular flexibility index (Phi) is 5.85. The lowest BCUT2D eigenvalue weighted by atomic mass is 10.2. The van der Waals surface area contributed by atoms with Crippen LogP contribution in [-0.2, 0) is 13.6 Å². The molecule has 0 bridgehead atoms. The molecular weight excluding hydrogens is 234 g/mol. The SMILES string of the molecule is CCSCC(C)NCc1c(C)nn(C)c1OC. The van der Waals surface area contributed by atoms with E-state index in [9.17, 15) is 0 Å². The van der Waals surface area contributed by atoms with Gasteiger partial charge >= 0.3 is 0 Å². The summed E-state index contributed by atoms with van der Waals surface area (Å²) in [7, 11) is 3.60. The van der Waals surface area contributed by atoms with Crippen molar-refractivity contribution < 1.29 is 4.74 Å². The van der Waals surface area contributed by atoms with E-state index in [1.807, 2.05) is 25.7 Å². The summed E-state index contributed by atoms with van der Waals surface area (Å²) in [5.41, 5.74) is 2.19. The predicted molar refractivity (Wildman–Crippen MR) is 73.8 cm³/mol. The highest BCUT2D eigenvalue weighted by molar-refractivity contribution is 7.99. The molecule has 0 amide bonds. The third-order valence-corrected chi connectivity index (χ3v) is 3.83. The predicted octanol–water partition coefficient (Wildman–Crippen LogP) is 1.97. The van der Waals surface area contributed by atoms with Crippen LogP contribution in [0.15, 0.2) is 0 Å². The standard InChI is InChI=1S/C12H23N3OS/c1-6-17-8-9(2)13-7-11-10(3)14-15(4)12(11)16-5/h9,13H,6-8H2,1-5H3. The molecule has 4 nitrogen and oxygen atoms in total. The van der Waals surface area contributed by atoms with Gasteiger partial charge in [0.1, 0.15) is 0 Å². The molecule has 0 saturated heterocycles. The second-order valence-corrected chi connectivity index (χ2v) is 5.46. The molecule has 0 aliphatic rings. The fraction of sp³-hybridized carbons (Fsp3) is 0.750. The average molecular weight is 257 g/mol. The Morgan fingerprint density at radius 1 is 1.53 bits per heavy atom. The molecule has 1 unspecified atom stereocenters. The number of methoxy groups -OCH3 is 1. The summed E-state index contributed by atoms with van der Waals surface area (Å²) in [5, 5.41) is 7.88. The zero-order valence-electron chi connectivity index (χ0n) is 11.4. The molecule has 0 aromatic carbocycles. The van der Waals surface area contributed by atoms with Gasteiger partial charge in [-0.15, -0.1) is 0 Å². The first-order valence-electron chi connectivity index (χ1n) is 5.97. The van der Waals surface area contributed by atoms with Crippen molar-refractivity contribution in [2.75, 3.05) is 18.6 Å². The van der Waals surface area contributed by atoms with Gasteiger partial charge < -0.3 is 10.1 Å². The first kappa shape index (κ1) is 14.4. The lowest BCUT2D eigenvalue weighted by Gasteiger charge is -2.13. The fourth-order valence-corrected chi connectivity index (χ4v) is 2.48. The Morgan fingerprint density at radius 3 is 2.82 bits per heavy atom. The van der Waals surface area contributed by atoms with Crippen molar-refractivity contribution in [1.82, 2.24) is 15.1 Å². The highest BCUT2D eigenvalue weighted by Gasteiger charge is 2.14. The summed E-state index contributed by atoms with van der Waals surface area (Å²) in [4.78, 5) is 0. The summed E-state index contributed by atoms with van der Waals surface area (Å²) in [6.07, 6.45) is 0. The summed E-state index contributed by atoms with van der Waals surface area (Å²) in [6, 6.07) is 0.504. The third kappa shape index (κ3) is 3.92. The van der Waals surface area contributed by atoms with Gasteiger partial charge in [-0.2, -0.15) is 16.9 Å². The maximum absolute atomic E-state index is 5.37. The molecule has 1 rings (SSSR count). The summed E-state index contributed by atoms with van der Waals surface area (Å²) in [5.74, 6) is 3.16. The van der Waals surface area contributed by atoms with E-state index in [2.05, 4.69) is 24.3 Å². The molecule has 0 saturated carbocycles. The Bertz CT molecular complexity index is 352. The van der Waals surface area contributed by atoms with Crippen molar-refractivity contribution in [2.24, 2.45) is 7.05 Å². The van der Waals surface area contributed by atoms with E-state index in [0.29, 0.717) is 6.04 Å². The van der Waals surface area contributed by atoms with Gasteiger partial charge in [0.25, 0.3) is 0 Å². The smallest absolute Gasteiger partial charge is 0.216 e. The largest absolute Gasteiger partial charge is 0.481 e. The van der Waals surface area contributed by atoms with Crippen LogP contribution in [-0.4, -0.2) is 34.4 Å². The van der Waals surface area contributed by atoms with Crippen LogP contribution in [0.5, 0.6) is 5.88 Å². The Labute approximate surface area is 108 Å². The number of hydrogen-bond acceptors (Lipinski definition) is 4. The molecule has 0 fully saturated rings. The van der Waals surface area contributed by atoms with Gasteiger partial charge in [0, 0.05) is 25.4 Å². The zero-order chi connectivity index (χ0) is 12.8. The van der Waals surface area contributed by atoms with Crippen LogP contribution in [0.4, 0.5) is 0 Å². The first-order valence-corrected chi connectivity index (χ1v) is 7.13. The van der Waals surface area contributed by atoms with Gasteiger partial charge in [0.05, 0.1) is 18.4 Å². The Hall–Kier alpha value is -0.680. The summed E-state index contributed by atoms with van der Waals surface area (Å²) in [6.45, 7) is 7.23. The van der Waals surface area contributed by atoms with Crippen LogP contribution in [0.3, 0.4) is 0 Å². The quantitative estimate of drug-likeness (QED) is 0.810. The molecule has 0 spiro atoms. The lowest BCUT2D eigenvalue weighted by Crippen LogP contribution is -2.28. The molecule has 0 aliphatic heterocycles. The highest BCUT2D eigenvalue weighted by Crippen LogP contribution is 2.20. The van der Waals surface area contributed by atoms with Gasteiger partial charge in [0.2, 0.25) is 5.88 Å². The molecule has 98 valence electrons. The van der Waals surface area contributed by atoms with Crippen LogP contribution in [0.1, 0.15) is 25.1 Å². The number of aromatic nitrogens is 2. The van der Waals surface area contributed by atoms with E-state index >= 15 is 0 Å². The van der Waals surface area contributed by atoms with Crippen LogP contribution < -0.4 is 10.1 Å². The Balaban J connectivity index is 2.56. The zero-order valence-corrected chi connectivity index (χ0v) is 12.2. The highest BCUT2D eigenvalue weighted by atomic mass is 32.2. The molecule has 0 aliphatic carbocycles. The number of aryl methyl sites for hydroxylation is 2. The fourth-order valence-electron chi connectivity index (χ4n) is 1.77. The molecule has 17 heavy (non-hydrogen) atoms. The molecule has 5 heteroatoms. The normalized spacial score (nSPS) is 12.8. The number of nitrogens with zero attached hydrogens (tertiary/aromatic N) is 2. The Morgan fingerprint density at radius 2 is 2.24 bits per heavy atom. The first-order chi connectivity index (χ1) is 8.10. The van der Waals surface area contributed by atoms with Gasteiger partial charge in [-0.05, 0) is 19.6 Å². The maximum atomic E-state index is 5.37. The van der Waals surface area contributed by atoms with Crippen molar-refractivity contribution >= 4 is 11.8 Å². The maximum Gasteiger partial charge on any atom is 0.216 e. The van der Waals surface area contributed by atoms with Gasteiger partial charge in [-0.3, -0.25) is 0 Å². The number of rotatable bonds is 7. The molecule has 1 aromatic rings. The van der Waals surface area contributed by atoms with Crippen LogP contribution >= 0.6 is 11.8 Å². The molecule has 1 atom stereocenters. The molecule has 0 radical (unpaired) electrons. The van der Waals surface area contributed by atoms with Gasteiger partial charge in [-0.1, -0.05) is 6.92 Å². The van der Waals surface area contributed by atoms with Crippen LogP contribution in [0.2, 0.25) is 0 Å². The minimum Gasteiger partial charge on any atom is -0.481 e. The topological polar surface area (TPSA) is 39.1 Å². The second kappa shape index (κ2) is 6.91. The summed E-state index contributed by atoms with van der Waals surface area (Å²) < 4.78 is 7.16. The van der Waals surface area contributed by atoms with E-state index < -0.39 is 0 Å². The minimum absolute atomic E-state index is 0.504. The van der Waals surface area contributed by atoms with E-state index in [0.717, 1.165) is 29.4 Å². The van der Waals surface area contributed by atoms with Gasteiger partial charge in [0.15, 0.2) is 0 Å². The molecular formula is C12H23N3OS. The van der Waals surface area contributed by atoms with Crippen molar-refractivity contribution in [3.05, 3.63) is 11.3 Å². The lowest BCUT2D eigenvalue weighted by molar-refractivity contribution is 0.367. The minimum atomic E-state index is 0.504. The summed E-state index contributed by atoms with van der Waals surface area (Å²) >= 11 is 1.96. The monoisotopic (exact) mass is 257 g/mol. The number of ether oxygens (including phenoxy) is 1. The van der Waals surface area contributed by atoms with Gasteiger partial charge in [-0.25, -0.2) is 4.68 Å². The number of hydrogen-bond donors (Lipinski definition) is 1. The van der Waals surface area contributed by atoms with Crippen molar-refractivity contribution in [2.45, 2.75) is 33.4 Å². The number of thioether (sulfide) groups is 1. The van der Waals surface area contributed by atoms with Crippen molar-refractivity contribution in [1.29, 1.82) is 0 Å². The third-order valence-electron chi connectivity index (χ3n) is 2.68. The van der Waals surface area contributed by atoms with E-state index in [1.54, 1.807) is 11.8 Å². The van der Waals surface area contributed by atoms with E-state index in [1.165, 1.54) is 5.75 Å². The van der Waals surface area contributed by atoms with Crippen molar-refractivity contribution in [3.8, 4) is 5.88 Å². The van der Waals surface area contributed by atoms with E-state index in [4.69, 9.17) is 4.74 Å². The molecule has 1 aromatic heterocycles. The molecule has 1 N–H and O–H groups in total. The van der Waals surface area contributed by atoms with Crippen LogP contribution in [0.25, 0.3) is 0 Å². The van der Waals surface area contributed by atoms with Crippen LogP contribution in [0, 0.1) is 6.92 Å². The average Bonchev–Trinajstić information content (AvgIpc) is 2.57. The van der Waals surface area contributed by atoms with Crippen molar-refractivity contribution in [3.63, 3.8) is 0 Å². The molecule has 1 heterocycles. The van der Waals surface area contributed by atoms with E-state index in [-0.39, 0.29) is 0 Å². The number of nitrogens with one attached hydrogen (secondary N) is 1.